The predicted octanol–water partition coefficient (Wildman–Crippen LogP) is 1.91. The standard InChI is InChI=1S/C12H12ClN3O/c13-9-3-1-2-8(6-9)12-15-14-11-7-10(17)4-5-16(11)12/h1-3,6,10,17H,4-5,7H2. The second-order valence-electron chi connectivity index (χ2n) is 4.25. The molecule has 1 aliphatic heterocycles. The number of nitrogens with zero attached hydrogens (tertiary/aromatic N) is 3. The molecule has 0 fully saturated rings. The van der Waals surface area contributed by atoms with Crippen LogP contribution in [-0.4, -0.2) is 26.0 Å². The van der Waals surface area contributed by atoms with Crippen molar-refractivity contribution in [2.45, 2.75) is 25.5 Å². The van der Waals surface area contributed by atoms with E-state index in [4.69, 9.17) is 11.6 Å². The number of aliphatic hydroxyl groups is 1. The molecule has 88 valence electrons. The molecule has 17 heavy (non-hydrogen) atoms. The number of benzene rings is 1. The van der Waals surface area contributed by atoms with E-state index in [9.17, 15) is 5.11 Å². The number of hydrogen-bond acceptors (Lipinski definition) is 3. The Labute approximate surface area is 104 Å². The van der Waals surface area contributed by atoms with Crippen molar-refractivity contribution in [3.8, 4) is 11.4 Å². The summed E-state index contributed by atoms with van der Waals surface area (Å²) >= 11 is 5.97. The molecule has 1 N–H and O–H groups in total. The van der Waals surface area contributed by atoms with Gasteiger partial charge in [0.1, 0.15) is 5.82 Å². The summed E-state index contributed by atoms with van der Waals surface area (Å²) in [5.41, 5.74) is 0.965. The maximum Gasteiger partial charge on any atom is 0.164 e. The highest BCUT2D eigenvalue weighted by Crippen LogP contribution is 2.24. The zero-order valence-electron chi connectivity index (χ0n) is 9.17. The van der Waals surface area contributed by atoms with Gasteiger partial charge in [0, 0.05) is 23.6 Å². The third-order valence-electron chi connectivity index (χ3n) is 3.01. The molecule has 4 nitrogen and oxygen atoms in total. The average molecular weight is 250 g/mol. The fraction of sp³-hybridized carbons (Fsp3) is 0.333. The van der Waals surface area contributed by atoms with E-state index >= 15 is 0 Å². The summed E-state index contributed by atoms with van der Waals surface area (Å²) in [7, 11) is 0. The summed E-state index contributed by atoms with van der Waals surface area (Å²) in [4.78, 5) is 0. The first-order chi connectivity index (χ1) is 8.24. The molecule has 0 aliphatic carbocycles. The minimum absolute atomic E-state index is 0.293. The van der Waals surface area contributed by atoms with Crippen LogP contribution < -0.4 is 0 Å². The molecular weight excluding hydrogens is 238 g/mol. The van der Waals surface area contributed by atoms with Gasteiger partial charge in [-0.2, -0.15) is 0 Å². The molecule has 1 aliphatic rings. The lowest BCUT2D eigenvalue weighted by molar-refractivity contribution is 0.142. The van der Waals surface area contributed by atoms with Crippen molar-refractivity contribution >= 4 is 11.6 Å². The van der Waals surface area contributed by atoms with E-state index in [-0.39, 0.29) is 6.10 Å². The molecule has 5 heteroatoms. The van der Waals surface area contributed by atoms with Crippen molar-refractivity contribution in [3.05, 3.63) is 35.1 Å². The lowest BCUT2D eigenvalue weighted by atomic mass is 10.1. The molecule has 1 aromatic heterocycles. The molecule has 1 unspecified atom stereocenters. The molecule has 0 radical (unpaired) electrons. The Morgan fingerprint density at radius 3 is 3.06 bits per heavy atom. The summed E-state index contributed by atoms with van der Waals surface area (Å²) in [6, 6.07) is 7.58. The first-order valence-electron chi connectivity index (χ1n) is 5.60. The summed E-state index contributed by atoms with van der Waals surface area (Å²) in [5.74, 6) is 1.67. The number of rotatable bonds is 1. The maximum atomic E-state index is 9.58. The molecule has 0 amide bonds. The predicted molar refractivity (Wildman–Crippen MR) is 64.8 cm³/mol. The van der Waals surface area contributed by atoms with Gasteiger partial charge < -0.3 is 9.67 Å². The molecule has 0 saturated heterocycles. The molecule has 0 spiro atoms. The van der Waals surface area contributed by atoms with Crippen LogP contribution in [0.4, 0.5) is 0 Å². The van der Waals surface area contributed by atoms with Crippen LogP contribution in [0.15, 0.2) is 24.3 Å². The molecule has 0 bridgehead atoms. The Morgan fingerprint density at radius 1 is 1.35 bits per heavy atom. The van der Waals surface area contributed by atoms with E-state index in [2.05, 4.69) is 14.8 Å². The van der Waals surface area contributed by atoms with E-state index in [1.54, 1.807) is 0 Å². The van der Waals surface area contributed by atoms with E-state index in [1.807, 2.05) is 24.3 Å². The van der Waals surface area contributed by atoms with E-state index in [0.717, 1.165) is 30.2 Å². The third-order valence-corrected chi connectivity index (χ3v) is 3.25. The summed E-state index contributed by atoms with van der Waals surface area (Å²) < 4.78 is 2.05. The largest absolute Gasteiger partial charge is 0.393 e. The summed E-state index contributed by atoms with van der Waals surface area (Å²) in [6.07, 6.45) is 1.03. The molecule has 1 atom stereocenters. The first kappa shape index (κ1) is 10.7. The quantitative estimate of drug-likeness (QED) is 0.840. The highest BCUT2D eigenvalue weighted by Gasteiger charge is 2.21. The van der Waals surface area contributed by atoms with Crippen molar-refractivity contribution in [2.75, 3.05) is 0 Å². The minimum atomic E-state index is -0.293. The van der Waals surface area contributed by atoms with Gasteiger partial charge >= 0.3 is 0 Å². The van der Waals surface area contributed by atoms with Gasteiger partial charge in [0.2, 0.25) is 0 Å². The van der Waals surface area contributed by atoms with Gasteiger partial charge in [-0.25, -0.2) is 0 Å². The molecule has 0 saturated carbocycles. The van der Waals surface area contributed by atoms with Crippen LogP contribution in [-0.2, 0) is 13.0 Å². The molecule has 3 rings (SSSR count). The fourth-order valence-corrected chi connectivity index (χ4v) is 2.34. The highest BCUT2D eigenvalue weighted by molar-refractivity contribution is 6.30. The molecule has 2 heterocycles. The second kappa shape index (κ2) is 4.13. The zero-order valence-corrected chi connectivity index (χ0v) is 9.93. The normalized spacial score (nSPS) is 19.1. The molecular formula is C12H12ClN3O. The Bertz CT molecular complexity index is 552. The summed E-state index contributed by atoms with van der Waals surface area (Å²) in [6.45, 7) is 0.755. The Kier molecular flexibility index (Phi) is 2.61. The maximum absolute atomic E-state index is 9.58. The van der Waals surface area contributed by atoms with Crippen LogP contribution >= 0.6 is 11.6 Å². The first-order valence-corrected chi connectivity index (χ1v) is 5.98. The van der Waals surface area contributed by atoms with Crippen molar-refractivity contribution in [1.29, 1.82) is 0 Å². The fourth-order valence-electron chi connectivity index (χ4n) is 2.15. The van der Waals surface area contributed by atoms with Crippen molar-refractivity contribution < 1.29 is 5.11 Å². The van der Waals surface area contributed by atoms with Gasteiger partial charge in [0.25, 0.3) is 0 Å². The van der Waals surface area contributed by atoms with E-state index in [0.29, 0.717) is 11.4 Å². The molecule has 1 aromatic carbocycles. The van der Waals surface area contributed by atoms with Crippen molar-refractivity contribution in [1.82, 2.24) is 14.8 Å². The molecule has 2 aromatic rings. The third kappa shape index (κ3) is 1.94. The number of hydrogen-bond donors (Lipinski definition) is 1. The van der Waals surface area contributed by atoms with Crippen LogP contribution in [0.25, 0.3) is 11.4 Å². The SMILES string of the molecule is OC1CCn2c(nnc2-c2cccc(Cl)c2)C1. The van der Waals surface area contributed by atoms with Crippen molar-refractivity contribution in [3.63, 3.8) is 0 Å². The lowest BCUT2D eigenvalue weighted by Crippen LogP contribution is -2.23. The van der Waals surface area contributed by atoms with Crippen LogP contribution in [0.5, 0.6) is 0 Å². The Morgan fingerprint density at radius 2 is 2.24 bits per heavy atom. The Hall–Kier alpha value is -1.39. The van der Waals surface area contributed by atoms with Gasteiger partial charge in [-0.05, 0) is 18.6 Å². The average Bonchev–Trinajstić information content (AvgIpc) is 2.71. The van der Waals surface area contributed by atoms with Crippen molar-refractivity contribution in [2.24, 2.45) is 0 Å². The van der Waals surface area contributed by atoms with E-state index < -0.39 is 0 Å². The van der Waals surface area contributed by atoms with Gasteiger partial charge in [-0.3, -0.25) is 0 Å². The van der Waals surface area contributed by atoms with Crippen LogP contribution in [0.2, 0.25) is 5.02 Å². The van der Waals surface area contributed by atoms with E-state index in [1.165, 1.54) is 0 Å². The van der Waals surface area contributed by atoms with Crippen LogP contribution in [0.3, 0.4) is 0 Å². The van der Waals surface area contributed by atoms with Gasteiger partial charge in [0.15, 0.2) is 5.82 Å². The number of halogens is 1. The van der Waals surface area contributed by atoms with Gasteiger partial charge in [-0.1, -0.05) is 23.7 Å². The van der Waals surface area contributed by atoms with Crippen LogP contribution in [0.1, 0.15) is 12.2 Å². The monoisotopic (exact) mass is 249 g/mol. The lowest BCUT2D eigenvalue weighted by Gasteiger charge is -2.19. The second-order valence-corrected chi connectivity index (χ2v) is 4.68. The summed E-state index contributed by atoms with van der Waals surface area (Å²) in [5, 5.41) is 18.6. The minimum Gasteiger partial charge on any atom is -0.393 e. The van der Waals surface area contributed by atoms with Crippen LogP contribution in [0, 0.1) is 0 Å². The number of aromatic nitrogens is 3. The zero-order chi connectivity index (χ0) is 11.8. The Balaban J connectivity index is 2.05. The van der Waals surface area contributed by atoms with Gasteiger partial charge in [-0.15, -0.1) is 10.2 Å². The smallest absolute Gasteiger partial charge is 0.164 e. The van der Waals surface area contributed by atoms with Gasteiger partial charge in [0.05, 0.1) is 6.10 Å². The number of fused-ring (bicyclic) bond motifs is 1. The topological polar surface area (TPSA) is 50.9 Å². The highest BCUT2D eigenvalue weighted by atomic mass is 35.5. The number of aliphatic hydroxyl groups excluding tert-OH is 1.